The van der Waals surface area contributed by atoms with Crippen molar-refractivity contribution in [1.82, 2.24) is 5.43 Å². The average molecular weight is 392 g/mol. The van der Waals surface area contributed by atoms with Gasteiger partial charge in [0.25, 0.3) is 0 Å². The summed E-state index contributed by atoms with van der Waals surface area (Å²) < 4.78 is 5.68. The van der Waals surface area contributed by atoms with E-state index in [0.29, 0.717) is 16.4 Å². The van der Waals surface area contributed by atoms with Crippen LogP contribution in [0.5, 0.6) is 0 Å². The molecule has 0 saturated carbocycles. The van der Waals surface area contributed by atoms with Gasteiger partial charge in [0.05, 0.1) is 18.9 Å². The second kappa shape index (κ2) is 8.40. The number of ether oxygens (including phenoxy) is 1. The highest BCUT2D eigenvalue weighted by Crippen LogP contribution is 2.11. The molecule has 0 bridgehead atoms. The predicted molar refractivity (Wildman–Crippen MR) is 98.9 cm³/mol. The number of nitrogens with zero attached hydrogens (tertiary/aromatic N) is 1. The van der Waals surface area contributed by atoms with Crippen LogP contribution in [0, 0.1) is 0 Å². The molecule has 7 heteroatoms. The van der Waals surface area contributed by atoms with E-state index in [1.54, 1.807) is 30.5 Å². The zero-order valence-electron chi connectivity index (χ0n) is 12.2. The van der Waals surface area contributed by atoms with E-state index in [1.807, 2.05) is 24.3 Å². The van der Waals surface area contributed by atoms with Crippen molar-refractivity contribution in [1.29, 1.82) is 0 Å². The van der Waals surface area contributed by atoms with E-state index in [4.69, 9.17) is 12.2 Å². The molecule has 5 nitrogen and oxygen atoms in total. The SMILES string of the molecule is COC(=O)c1cccc(NC(=S)N/N=C/c2ccc(Br)cc2)c1. The molecule has 0 aliphatic carbocycles. The van der Waals surface area contributed by atoms with Gasteiger partial charge in [-0.05, 0) is 48.1 Å². The molecule has 2 aromatic rings. The molecule has 0 fully saturated rings. The number of carbonyl (C=O) groups is 1. The number of thiocarbonyl (C=S) groups is 1. The van der Waals surface area contributed by atoms with E-state index < -0.39 is 5.97 Å². The molecular weight excluding hydrogens is 378 g/mol. The fourth-order valence-corrected chi connectivity index (χ4v) is 2.15. The molecule has 2 rings (SSSR count). The van der Waals surface area contributed by atoms with Crippen LogP contribution in [0.2, 0.25) is 0 Å². The Bertz CT molecular complexity index is 732. The maximum Gasteiger partial charge on any atom is 0.337 e. The van der Waals surface area contributed by atoms with Gasteiger partial charge in [0, 0.05) is 10.2 Å². The quantitative estimate of drug-likeness (QED) is 0.361. The lowest BCUT2D eigenvalue weighted by Gasteiger charge is -2.08. The summed E-state index contributed by atoms with van der Waals surface area (Å²) in [4.78, 5) is 11.5. The fourth-order valence-electron chi connectivity index (χ4n) is 1.72. The van der Waals surface area contributed by atoms with Crippen molar-refractivity contribution in [3.8, 4) is 0 Å². The lowest BCUT2D eigenvalue weighted by atomic mass is 10.2. The van der Waals surface area contributed by atoms with E-state index in [2.05, 4.69) is 36.5 Å². The third-order valence-corrected chi connectivity index (χ3v) is 3.51. The topological polar surface area (TPSA) is 62.7 Å². The maximum absolute atomic E-state index is 11.5. The summed E-state index contributed by atoms with van der Waals surface area (Å²) in [6, 6.07) is 14.5. The molecule has 0 unspecified atom stereocenters. The van der Waals surface area contributed by atoms with Gasteiger partial charge in [0.1, 0.15) is 0 Å². The van der Waals surface area contributed by atoms with E-state index in [-0.39, 0.29) is 0 Å². The van der Waals surface area contributed by atoms with Crippen LogP contribution in [0.3, 0.4) is 0 Å². The van der Waals surface area contributed by atoms with Gasteiger partial charge < -0.3 is 10.1 Å². The van der Waals surface area contributed by atoms with E-state index in [0.717, 1.165) is 10.0 Å². The summed E-state index contributed by atoms with van der Waals surface area (Å²) >= 11 is 8.52. The lowest BCUT2D eigenvalue weighted by Crippen LogP contribution is -2.24. The molecule has 0 saturated heterocycles. The Balaban J connectivity index is 1.92. The van der Waals surface area contributed by atoms with Crippen LogP contribution in [-0.4, -0.2) is 24.4 Å². The second-order valence-corrected chi connectivity index (χ2v) is 5.77. The Morgan fingerprint density at radius 3 is 2.70 bits per heavy atom. The summed E-state index contributed by atoms with van der Waals surface area (Å²) in [5.41, 5.74) is 4.77. The molecule has 0 amide bonds. The first-order chi connectivity index (χ1) is 11.1. The zero-order chi connectivity index (χ0) is 16.7. The first-order valence-electron chi connectivity index (χ1n) is 6.62. The van der Waals surface area contributed by atoms with Gasteiger partial charge in [-0.1, -0.05) is 34.1 Å². The summed E-state index contributed by atoms with van der Waals surface area (Å²) in [6.07, 6.45) is 1.66. The minimum atomic E-state index is -0.402. The highest BCUT2D eigenvalue weighted by Gasteiger charge is 2.05. The molecule has 118 valence electrons. The van der Waals surface area contributed by atoms with Gasteiger partial charge in [0.15, 0.2) is 5.11 Å². The van der Waals surface area contributed by atoms with Gasteiger partial charge in [-0.2, -0.15) is 5.10 Å². The predicted octanol–water partition coefficient (Wildman–Crippen LogP) is 3.56. The van der Waals surface area contributed by atoms with Crippen LogP contribution in [-0.2, 0) is 4.74 Å². The van der Waals surface area contributed by atoms with E-state index in [1.165, 1.54) is 7.11 Å². The van der Waals surface area contributed by atoms with Crippen molar-refractivity contribution in [2.24, 2.45) is 5.10 Å². The monoisotopic (exact) mass is 391 g/mol. The molecule has 0 radical (unpaired) electrons. The maximum atomic E-state index is 11.5. The summed E-state index contributed by atoms with van der Waals surface area (Å²) in [7, 11) is 1.34. The third kappa shape index (κ3) is 5.46. The molecule has 0 heterocycles. The van der Waals surface area contributed by atoms with Crippen LogP contribution in [0.25, 0.3) is 0 Å². The molecule has 2 N–H and O–H groups in total. The third-order valence-electron chi connectivity index (χ3n) is 2.79. The molecule has 0 atom stereocenters. The minimum Gasteiger partial charge on any atom is -0.465 e. The fraction of sp³-hybridized carbons (Fsp3) is 0.0625. The van der Waals surface area contributed by atoms with Gasteiger partial charge >= 0.3 is 5.97 Å². The van der Waals surface area contributed by atoms with Crippen LogP contribution in [0.15, 0.2) is 58.1 Å². The van der Waals surface area contributed by atoms with Crippen LogP contribution >= 0.6 is 28.1 Å². The average Bonchev–Trinajstić information content (AvgIpc) is 2.56. The number of anilines is 1. The normalized spacial score (nSPS) is 10.3. The number of benzene rings is 2. The Morgan fingerprint density at radius 2 is 2.00 bits per heavy atom. The Morgan fingerprint density at radius 1 is 1.26 bits per heavy atom. The highest BCUT2D eigenvalue weighted by atomic mass is 79.9. The lowest BCUT2D eigenvalue weighted by molar-refractivity contribution is 0.0601. The minimum absolute atomic E-state index is 0.320. The zero-order valence-corrected chi connectivity index (χ0v) is 14.6. The second-order valence-electron chi connectivity index (χ2n) is 4.45. The van der Waals surface area contributed by atoms with Crippen molar-refractivity contribution < 1.29 is 9.53 Å². The van der Waals surface area contributed by atoms with Crippen molar-refractivity contribution in [3.63, 3.8) is 0 Å². The van der Waals surface area contributed by atoms with Crippen molar-refractivity contribution in [2.45, 2.75) is 0 Å². The smallest absolute Gasteiger partial charge is 0.337 e. The van der Waals surface area contributed by atoms with E-state index in [9.17, 15) is 4.79 Å². The van der Waals surface area contributed by atoms with Crippen molar-refractivity contribution in [3.05, 3.63) is 64.1 Å². The first kappa shape index (κ1) is 17.1. The van der Waals surface area contributed by atoms with Gasteiger partial charge in [0.2, 0.25) is 0 Å². The van der Waals surface area contributed by atoms with E-state index >= 15 is 0 Å². The summed E-state index contributed by atoms with van der Waals surface area (Å²) in [6.45, 7) is 0. The van der Waals surface area contributed by atoms with Gasteiger partial charge in [-0.25, -0.2) is 4.79 Å². The molecule has 0 aliphatic heterocycles. The number of methoxy groups -OCH3 is 1. The highest BCUT2D eigenvalue weighted by molar-refractivity contribution is 9.10. The standard InChI is InChI=1S/C16H14BrN3O2S/c1-22-15(21)12-3-2-4-14(9-12)19-16(23)20-18-10-11-5-7-13(17)8-6-11/h2-10H,1H3,(H2,19,20,23)/b18-10+. The number of hydrazone groups is 1. The number of carbonyl (C=O) groups excluding carboxylic acids is 1. The number of hydrogen-bond acceptors (Lipinski definition) is 4. The Labute approximate surface area is 147 Å². The first-order valence-corrected chi connectivity index (χ1v) is 7.82. The van der Waals surface area contributed by atoms with Crippen LogP contribution in [0.1, 0.15) is 15.9 Å². The molecule has 2 aromatic carbocycles. The molecule has 0 aromatic heterocycles. The van der Waals surface area contributed by atoms with Crippen molar-refractivity contribution >= 4 is 51.1 Å². The number of rotatable bonds is 4. The number of nitrogens with one attached hydrogen (secondary N) is 2. The molecule has 0 spiro atoms. The summed E-state index contributed by atoms with van der Waals surface area (Å²) in [5, 5.41) is 7.32. The Kier molecular flexibility index (Phi) is 6.25. The molecule has 0 aliphatic rings. The Hall–Kier alpha value is -2.25. The number of halogens is 1. The van der Waals surface area contributed by atoms with Gasteiger partial charge in [-0.15, -0.1) is 0 Å². The molecule has 23 heavy (non-hydrogen) atoms. The van der Waals surface area contributed by atoms with Crippen molar-refractivity contribution in [2.75, 3.05) is 12.4 Å². The largest absolute Gasteiger partial charge is 0.465 e. The van der Waals surface area contributed by atoms with Crippen LogP contribution in [0.4, 0.5) is 5.69 Å². The molecular formula is C16H14BrN3O2S. The number of hydrogen-bond donors (Lipinski definition) is 2. The van der Waals surface area contributed by atoms with Crippen LogP contribution < -0.4 is 10.7 Å². The number of esters is 1. The summed E-state index contributed by atoms with van der Waals surface area (Å²) in [5.74, 6) is -0.402. The van der Waals surface area contributed by atoms with Gasteiger partial charge in [-0.3, -0.25) is 5.43 Å².